The second-order valence-corrected chi connectivity index (χ2v) is 4.42. The summed E-state index contributed by atoms with van der Waals surface area (Å²) in [6, 6.07) is 1.07. The first kappa shape index (κ1) is 12.9. The van der Waals surface area contributed by atoms with Crippen LogP contribution in [0.25, 0.3) is 0 Å². The minimum atomic E-state index is -0.178. The van der Waals surface area contributed by atoms with Crippen LogP contribution in [-0.4, -0.2) is 38.6 Å². The highest BCUT2D eigenvalue weighted by atomic mass is 16.7. The first-order valence-corrected chi connectivity index (χ1v) is 5.74. The lowest BCUT2D eigenvalue weighted by Crippen LogP contribution is -2.48. The molecule has 0 aromatic carbocycles. The van der Waals surface area contributed by atoms with E-state index in [1.807, 2.05) is 0 Å². The Morgan fingerprint density at radius 1 is 1.27 bits per heavy atom. The fourth-order valence-corrected chi connectivity index (χ4v) is 2.33. The number of rotatable bonds is 5. The van der Waals surface area contributed by atoms with Gasteiger partial charge < -0.3 is 20.5 Å². The van der Waals surface area contributed by atoms with Crippen LogP contribution in [0.3, 0.4) is 0 Å². The van der Waals surface area contributed by atoms with E-state index in [0.717, 1.165) is 12.8 Å². The molecule has 0 amide bonds. The van der Waals surface area contributed by atoms with E-state index in [4.69, 9.17) is 15.2 Å². The van der Waals surface area contributed by atoms with Crippen LogP contribution in [0.1, 0.15) is 32.6 Å². The molecule has 4 nitrogen and oxygen atoms in total. The molecular weight excluding hydrogens is 192 g/mol. The lowest BCUT2D eigenvalue weighted by Gasteiger charge is -2.32. The normalized spacial score (nSPS) is 29.4. The number of nitrogens with one attached hydrogen (secondary N) is 1. The Balaban J connectivity index is 2.32. The third kappa shape index (κ3) is 4.07. The van der Waals surface area contributed by atoms with Crippen LogP contribution >= 0.6 is 0 Å². The highest BCUT2D eigenvalue weighted by Crippen LogP contribution is 2.18. The van der Waals surface area contributed by atoms with Crippen LogP contribution in [0.2, 0.25) is 0 Å². The Hall–Kier alpha value is -0.160. The molecule has 1 fully saturated rings. The molecular formula is C11H24N2O2. The summed E-state index contributed by atoms with van der Waals surface area (Å²) in [6.45, 7) is 2.08. The van der Waals surface area contributed by atoms with Crippen LogP contribution in [0.4, 0.5) is 0 Å². The molecule has 1 rings (SSSR count). The predicted molar refractivity (Wildman–Crippen MR) is 60.6 cm³/mol. The molecule has 0 radical (unpaired) electrons. The predicted octanol–water partition coefficient (Wildman–Crippen LogP) is 0.853. The summed E-state index contributed by atoms with van der Waals surface area (Å²) in [5.41, 5.74) is 5.94. The van der Waals surface area contributed by atoms with Gasteiger partial charge in [-0.25, -0.2) is 0 Å². The van der Waals surface area contributed by atoms with Crippen LogP contribution in [0.5, 0.6) is 0 Å². The van der Waals surface area contributed by atoms with Crippen LogP contribution in [0.15, 0.2) is 0 Å². The van der Waals surface area contributed by atoms with E-state index in [-0.39, 0.29) is 12.3 Å². The zero-order chi connectivity index (χ0) is 11.3. The van der Waals surface area contributed by atoms with Gasteiger partial charge in [0, 0.05) is 26.3 Å². The van der Waals surface area contributed by atoms with Crippen molar-refractivity contribution >= 4 is 0 Å². The Morgan fingerprint density at radius 3 is 2.47 bits per heavy atom. The van der Waals surface area contributed by atoms with Crippen LogP contribution < -0.4 is 11.1 Å². The monoisotopic (exact) mass is 216 g/mol. The maximum Gasteiger partial charge on any atom is 0.171 e. The minimum Gasteiger partial charge on any atom is -0.354 e. The maximum absolute atomic E-state index is 5.94. The highest BCUT2D eigenvalue weighted by Gasteiger charge is 2.23. The molecule has 0 aromatic rings. The number of hydrogen-bond donors (Lipinski definition) is 2. The Morgan fingerprint density at radius 2 is 1.93 bits per heavy atom. The van der Waals surface area contributed by atoms with Crippen LogP contribution in [-0.2, 0) is 9.47 Å². The zero-order valence-electron chi connectivity index (χ0n) is 10.0. The molecule has 0 saturated heterocycles. The van der Waals surface area contributed by atoms with Gasteiger partial charge in [-0.1, -0.05) is 6.42 Å². The van der Waals surface area contributed by atoms with Crippen molar-refractivity contribution in [1.29, 1.82) is 0 Å². The van der Waals surface area contributed by atoms with Crippen molar-refractivity contribution in [3.63, 3.8) is 0 Å². The van der Waals surface area contributed by atoms with Gasteiger partial charge in [-0.05, 0) is 26.2 Å². The Labute approximate surface area is 92.5 Å². The van der Waals surface area contributed by atoms with E-state index < -0.39 is 0 Å². The summed E-state index contributed by atoms with van der Waals surface area (Å²) in [6.07, 6.45) is 4.46. The Bertz CT molecular complexity index is 174. The molecule has 15 heavy (non-hydrogen) atoms. The zero-order valence-corrected chi connectivity index (χ0v) is 10.0. The van der Waals surface area contributed by atoms with Crippen molar-refractivity contribution in [2.75, 3.05) is 14.2 Å². The highest BCUT2D eigenvalue weighted by molar-refractivity contribution is 4.82. The number of ether oxygens (including phenoxy) is 2. The summed E-state index contributed by atoms with van der Waals surface area (Å²) in [5, 5.41) is 3.52. The first-order valence-electron chi connectivity index (χ1n) is 5.74. The summed E-state index contributed by atoms with van der Waals surface area (Å²) in [5.74, 6) is 0. The summed E-state index contributed by atoms with van der Waals surface area (Å²) in [4.78, 5) is 0. The number of nitrogens with two attached hydrogens (primary N) is 1. The lowest BCUT2D eigenvalue weighted by molar-refractivity contribution is -0.121. The molecule has 90 valence electrons. The largest absolute Gasteiger partial charge is 0.354 e. The molecule has 3 atom stereocenters. The van der Waals surface area contributed by atoms with Crippen LogP contribution in [0, 0.1) is 0 Å². The molecule has 0 spiro atoms. The van der Waals surface area contributed by atoms with Gasteiger partial charge in [0.25, 0.3) is 0 Å². The molecule has 1 aliphatic rings. The standard InChI is InChI=1S/C11H24N2O2/c1-8(11(14-2)15-3)13-10-6-4-5-9(12)7-10/h8-11,13H,4-7,12H2,1-3H3. The molecule has 3 N–H and O–H groups in total. The molecule has 1 saturated carbocycles. The van der Waals surface area contributed by atoms with Gasteiger partial charge in [0.2, 0.25) is 0 Å². The minimum absolute atomic E-state index is 0.178. The van der Waals surface area contributed by atoms with E-state index >= 15 is 0 Å². The fraction of sp³-hybridized carbons (Fsp3) is 1.00. The molecule has 0 bridgehead atoms. The van der Waals surface area contributed by atoms with Gasteiger partial charge in [-0.2, -0.15) is 0 Å². The third-order valence-electron chi connectivity index (χ3n) is 3.09. The van der Waals surface area contributed by atoms with Gasteiger partial charge in [0.15, 0.2) is 6.29 Å². The van der Waals surface area contributed by atoms with Crippen molar-refractivity contribution in [2.24, 2.45) is 5.73 Å². The first-order chi connectivity index (χ1) is 7.17. The molecule has 0 aromatic heterocycles. The number of methoxy groups -OCH3 is 2. The van der Waals surface area contributed by atoms with Crippen molar-refractivity contribution in [2.45, 2.75) is 57.0 Å². The molecule has 4 heteroatoms. The third-order valence-corrected chi connectivity index (χ3v) is 3.09. The topological polar surface area (TPSA) is 56.5 Å². The van der Waals surface area contributed by atoms with E-state index in [2.05, 4.69) is 12.2 Å². The van der Waals surface area contributed by atoms with E-state index in [9.17, 15) is 0 Å². The number of hydrogen-bond acceptors (Lipinski definition) is 4. The molecule has 3 unspecified atom stereocenters. The second kappa shape index (κ2) is 6.43. The smallest absolute Gasteiger partial charge is 0.171 e. The van der Waals surface area contributed by atoms with Crippen molar-refractivity contribution in [3.8, 4) is 0 Å². The Kier molecular flexibility index (Phi) is 5.53. The van der Waals surface area contributed by atoms with E-state index in [0.29, 0.717) is 12.1 Å². The second-order valence-electron chi connectivity index (χ2n) is 4.42. The van der Waals surface area contributed by atoms with Gasteiger partial charge >= 0.3 is 0 Å². The SMILES string of the molecule is COC(OC)C(C)NC1CCCC(N)C1. The van der Waals surface area contributed by atoms with Gasteiger partial charge in [-0.15, -0.1) is 0 Å². The summed E-state index contributed by atoms with van der Waals surface area (Å²) >= 11 is 0. The fourth-order valence-electron chi connectivity index (χ4n) is 2.33. The summed E-state index contributed by atoms with van der Waals surface area (Å²) in [7, 11) is 3.33. The van der Waals surface area contributed by atoms with Gasteiger partial charge in [0.05, 0.1) is 6.04 Å². The van der Waals surface area contributed by atoms with Gasteiger partial charge in [0.1, 0.15) is 0 Å². The quantitative estimate of drug-likeness (QED) is 0.669. The lowest BCUT2D eigenvalue weighted by atomic mass is 9.91. The molecule has 1 aliphatic carbocycles. The summed E-state index contributed by atoms with van der Waals surface area (Å²) < 4.78 is 10.4. The average Bonchev–Trinajstić information content (AvgIpc) is 2.19. The average molecular weight is 216 g/mol. The molecule has 0 heterocycles. The van der Waals surface area contributed by atoms with Crippen molar-refractivity contribution < 1.29 is 9.47 Å². The molecule has 0 aliphatic heterocycles. The van der Waals surface area contributed by atoms with Crippen molar-refractivity contribution in [1.82, 2.24) is 5.32 Å². The van der Waals surface area contributed by atoms with E-state index in [1.54, 1.807) is 14.2 Å². The van der Waals surface area contributed by atoms with Gasteiger partial charge in [-0.3, -0.25) is 0 Å². The van der Waals surface area contributed by atoms with E-state index in [1.165, 1.54) is 12.8 Å². The maximum atomic E-state index is 5.94. The van der Waals surface area contributed by atoms with Crippen molar-refractivity contribution in [3.05, 3.63) is 0 Å².